The minimum Gasteiger partial charge on any atom is -0.494 e. The Morgan fingerprint density at radius 1 is 1.12 bits per heavy atom. The van der Waals surface area contributed by atoms with Crippen molar-refractivity contribution >= 4 is 12.1 Å². The van der Waals surface area contributed by atoms with Gasteiger partial charge in [0, 0.05) is 0 Å². The predicted molar refractivity (Wildman–Crippen MR) is 99.3 cm³/mol. The van der Waals surface area contributed by atoms with Crippen LogP contribution in [-0.4, -0.2) is 25.3 Å². The quantitative estimate of drug-likeness (QED) is 0.430. The van der Waals surface area contributed by atoms with Crippen LogP contribution < -0.4 is 14.9 Å². The molecule has 0 radical (unpaired) electrons. The van der Waals surface area contributed by atoms with Gasteiger partial charge in [0.2, 0.25) is 0 Å². The summed E-state index contributed by atoms with van der Waals surface area (Å²) >= 11 is 0. The first-order valence-electron chi connectivity index (χ1n) is 8.41. The van der Waals surface area contributed by atoms with E-state index in [2.05, 4.69) is 17.5 Å². The summed E-state index contributed by atoms with van der Waals surface area (Å²) < 4.78 is 11.0. The summed E-state index contributed by atoms with van der Waals surface area (Å²) in [5, 5.41) is 3.93. The fraction of sp³-hybridized carbons (Fsp3) is 0.300. The van der Waals surface area contributed by atoms with Crippen molar-refractivity contribution < 1.29 is 14.3 Å². The number of benzene rings is 2. The standard InChI is InChI=1S/C20H24N2O3/c1-3-4-12-24-18-10-8-17(9-11-18)14-21-22-20(23)15-25-19-7-5-6-16(2)13-19/h5-11,13-14H,3-4,12,15H2,1-2H3,(H,22,23). The number of hydrazone groups is 1. The number of amides is 1. The van der Waals surface area contributed by atoms with Crippen LogP contribution >= 0.6 is 0 Å². The Balaban J connectivity index is 1.73. The van der Waals surface area contributed by atoms with Crippen LogP contribution in [0.15, 0.2) is 53.6 Å². The Bertz CT molecular complexity index is 696. The Labute approximate surface area is 148 Å². The lowest BCUT2D eigenvalue weighted by Gasteiger charge is -2.06. The Kier molecular flexibility index (Phi) is 7.50. The normalized spacial score (nSPS) is 10.6. The van der Waals surface area contributed by atoms with E-state index in [9.17, 15) is 4.79 Å². The van der Waals surface area contributed by atoms with Crippen LogP contribution in [0.5, 0.6) is 11.5 Å². The monoisotopic (exact) mass is 340 g/mol. The molecule has 0 bridgehead atoms. The molecule has 0 saturated carbocycles. The number of carbonyl (C=O) groups excluding carboxylic acids is 1. The van der Waals surface area contributed by atoms with Crippen LogP contribution in [0.1, 0.15) is 30.9 Å². The molecular weight excluding hydrogens is 316 g/mol. The van der Waals surface area contributed by atoms with Gasteiger partial charge in [-0.25, -0.2) is 5.43 Å². The van der Waals surface area contributed by atoms with Crippen molar-refractivity contribution in [1.82, 2.24) is 5.43 Å². The molecule has 0 spiro atoms. The van der Waals surface area contributed by atoms with Gasteiger partial charge < -0.3 is 9.47 Å². The Morgan fingerprint density at radius 2 is 1.92 bits per heavy atom. The van der Waals surface area contributed by atoms with E-state index in [4.69, 9.17) is 9.47 Å². The number of nitrogens with one attached hydrogen (secondary N) is 1. The molecule has 0 aliphatic carbocycles. The van der Waals surface area contributed by atoms with E-state index in [0.717, 1.165) is 36.3 Å². The van der Waals surface area contributed by atoms with E-state index in [0.29, 0.717) is 5.75 Å². The highest BCUT2D eigenvalue weighted by Gasteiger charge is 2.01. The number of hydrogen-bond donors (Lipinski definition) is 1. The molecule has 0 aliphatic heterocycles. The molecule has 0 aromatic heterocycles. The summed E-state index contributed by atoms with van der Waals surface area (Å²) in [5.74, 6) is 1.19. The summed E-state index contributed by atoms with van der Waals surface area (Å²) in [6.07, 6.45) is 3.73. The fourth-order valence-corrected chi connectivity index (χ4v) is 2.05. The molecule has 5 nitrogen and oxygen atoms in total. The van der Waals surface area contributed by atoms with Gasteiger partial charge >= 0.3 is 0 Å². The van der Waals surface area contributed by atoms with Crippen molar-refractivity contribution in [3.8, 4) is 11.5 Å². The van der Waals surface area contributed by atoms with Crippen LogP contribution in [0.25, 0.3) is 0 Å². The molecule has 0 fully saturated rings. The fourth-order valence-electron chi connectivity index (χ4n) is 2.05. The van der Waals surface area contributed by atoms with Crippen molar-refractivity contribution in [1.29, 1.82) is 0 Å². The summed E-state index contributed by atoms with van der Waals surface area (Å²) in [7, 11) is 0. The SMILES string of the molecule is CCCCOc1ccc(C=NNC(=O)COc2cccc(C)c2)cc1. The van der Waals surface area contributed by atoms with E-state index in [1.807, 2.05) is 55.5 Å². The molecule has 132 valence electrons. The minimum absolute atomic E-state index is 0.0784. The highest BCUT2D eigenvalue weighted by atomic mass is 16.5. The lowest BCUT2D eigenvalue weighted by atomic mass is 10.2. The summed E-state index contributed by atoms with van der Waals surface area (Å²) in [5.41, 5.74) is 4.41. The van der Waals surface area contributed by atoms with E-state index < -0.39 is 0 Å². The van der Waals surface area contributed by atoms with Gasteiger partial charge in [0.05, 0.1) is 12.8 Å². The number of carbonyl (C=O) groups is 1. The van der Waals surface area contributed by atoms with Crippen molar-refractivity contribution in [2.75, 3.05) is 13.2 Å². The second kappa shape index (κ2) is 10.1. The smallest absolute Gasteiger partial charge is 0.277 e. The third-order valence-corrected chi connectivity index (χ3v) is 3.41. The molecule has 0 atom stereocenters. The number of unbranched alkanes of at least 4 members (excludes halogenated alkanes) is 1. The number of ether oxygens (including phenoxy) is 2. The van der Waals surface area contributed by atoms with Crippen molar-refractivity contribution in [2.24, 2.45) is 5.10 Å². The first-order valence-corrected chi connectivity index (χ1v) is 8.41. The van der Waals surface area contributed by atoms with E-state index in [1.165, 1.54) is 0 Å². The maximum absolute atomic E-state index is 11.7. The minimum atomic E-state index is -0.308. The van der Waals surface area contributed by atoms with Crippen molar-refractivity contribution in [3.63, 3.8) is 0 Å². The van der Waals surface area contributed by atoms with Gasteiger partial charge in [0.25, 0.3) is 5.91 Å². The second-order valence-corrected chi connectivity index (χ2v) is 5.67. The zero-order valence-electron chi connectivity index (χ0n) is 14.7. The van der Waals surface area contributed by atoms with Gasteiger partial charge in [-0.2, -0.15) is 5.10 Å². The van der Waals surface area contributed by atoms with Crippen molar-refractivity contribution in [2.45, 2.75) is 26.7 Å². The number of aryl methyl sites for hydroxylation is 1. The van der Waals surface area contributed by atoms with Crippen LogP contribution in [0, 0.1) is 6.92 Å². The predicted octanol–water partition coefficient (Wildman–Crippen LogP) is 3.70. The maximum atomic E-state index is 11.7. The van der Waals surface area contributed by atoms with E-state index >= 15 is 0 Å². The molecule has 0 saturated heterocycles. The van der Waals surface area contributed by atoms with Crippen molar-refractivity contribution in [3.05, 3.63) is 59.7 Å². The topological polar surface area (TPSA) is 59.9 Å². The van der Waals surface area contributed by atoms with Gasteiger partial charge in [0.15, 0.2) is 6.61 Å². The second-order valence-electron chi connectivity index (χ2n) is 5.67. The lowest BCUT2D eigenvalue weighted by molar-refractivity contribution is -0.123. The van der Waals surface area contributed by atoms with Gasteiger partial charge in [0.1, 0.15) is 11.5 Å². The van der Waals surface area contributed by atoms with Crippen LogP contribution in [0.2, 0.25) is 0 Å². The molecule has 0 unspecified atom stereocenters. The zero-order chi connectivity index (χ0) is 17.9. The van der Waals surface area contributed by atoms with Gasteiger partial charge in [-0.15, -0.1) is 0 Å². The average molecular weight is 340 g/mol. The molecule has 0 aliphatic rings. The molecule has 25 heavy (non-hydrogen) atoms. The highest BCUT2D eigenvalue weighted by molar-refractivity contribution is 5.83. The molecule has 5 heteroatoms. The molecule has 1 N–H and O–H groups in total. The first kappa shape index (κ1) is 18.5. The molecule has 1 amide bonds. The zero-order valence-corrected chi connectivity index (χ0v) is 14.7. The average Bonchev–Trinajstić information content (AvgIpc) is 2.62. The van der Waals surface area contributed by atoms with E-state index in [-0.39, 0.29) is 12.5 Å². The van der Waals surface area contributed by atoms with Crippen LogP contribution in [0.4, 0.5) is 0 Å². The van der Waals surface area contributed by atoms with Gasteiger partial charge in [-0.3, -0.25) is 4.79 Å². The maximum Gasteiger partial charge on any atom is 0.277 e. The lowest BCUT2D eigenvalue weighted by Crippen LogP contribution is -2.24. The largest absolute Gasteiger partial charge is 0.494 e. The highest BCUT2D eigenvalue weighted by Crippen LogP contribution is 2.12. The number of rotatable bonds is 9. The molecule has 0 heterocycles. The molecule has 2 aromatic carbocycles. The molecular formula is C20H24N2O3. The third kappa shape index (κ3) is 7.08. The first-order chi connectivity index (χ1) is 12.2. The van der Waals surface area contributed by atoms with Gasteiger partial charge in [-0.1, -0.05) is 25.5 Å². The summed E-state index contributed by atoms with van der Waals surface area (Å²) in [4.78, 5) is 11.7. The molecule has 2 rings (SSSR count). The Hall–Kier alpha value is -2.82. The summed E-state index contributed by atoms with van der Waals surface area (Å²) in [6.45, 7) is 4.74. The Morgan fingerprint density at radius 3 is 2.64 bits per heavy atom. The van der Waals surface area contributed by atoms with E-state index in [1.54, 1.807) is 6.21 Å². The van der Waals surface area contributed by atoms with Crippen LogP contribution in [0.3, 0.4) is 0 Å². The van der Waals surface area contributed by atoms with Gasteiger partial charge in [-0.05, 0) is 60.9 Å². The molecule has 2 aromatic rings. The number of nitrogens with zero attached hydrogens (tertiary/aromatic N) is 1. The summed E-state index contributed by atoms with van der Waals surface area (Å²) in [6, 6.07) is 15.1. The van der Waals surface area contributed by atoms with Crippen LogP contribution in [-0.2, 0) is 4.79 Å². The number of hydrogen-bond acceptors (Lipinski definition) is 4. The third-order valence-electron chi connectivity index (χ3n) is 3.41.